The van der Waals surface area contributed by atoms with Gasteiger partial charge < -0.3 is 9.88 Å². The van der Waals surface area contributed by atoms with Gasteiger partial charge in [0, 0.05) is 50.8 Å². The van der Waals surface area contributed by atoms with E-state index in [0.29, 0.717) is 0 Å². The zero-order valence-corrected chi connectivity index (χ0v) is 11.5. The van der Waals surface area contributed by atoms with Gasteiger partial charge in [0.1, 0.15) is 0 Å². The molecule has 0 aliphatic carbocycles. The molecule has 0 aliphatic heterocycles. The number of rotatable bonds is 6. The van der Waals surface area contributed by atoms with Gasteiger partial charge >= 0.3 is 0 Å². The van der Waals surface area contributed by atoms with Crippen LogP contribution in [0.4, 0.5) is 0 Å². The van der Waals surface area contributed by atoms with Gasteiger partial charge in [-0.05, 0) is 25.0 Å². The normalized spacial score (nSPS) is 11.1. The Kier molecular flexibility index (Phi) is 4.20. The van der Waals surface area contributed by atoms with Crippen molar-refractivity contribution in [1.82, 2.24) is 19.7 Å². The highest BCUT2D eigenvalue weighted by molar-refractivity contribution is 5.15. The standard InChI is InChI=1S/C14H22N4/c1-4-6-18-7-5-13(10-18)8-15-9-14-11-17(3)16-12(14)2/h5,7,10-11,15H,4,6,8-9H2,1-3H3. The van der Waals surface area contributed by atoms with Gasteiger partial charge in [0.25, 0.3) is 0 Å². The van der Waals surface area contributed by atoms with Gasteiger partial charge in [-0.2, -0.15) is 5.10 Å². The van der Waals surface area contributed by atoms with Crippen LogP contribution in [0, 0.1) is 6.92 Å². The molecule has 0 atom stereocenters. The molecule has 0 unspecified atom stereocenters. The molecule has 2 aromatic heterocycles. The Hall–Kier alpha value is -1.55. The van der Waals surface area contributed by atoms with Crippen molar-refractivity contribution in [2.45, 2.75) is 39.9 Å². The van der Waals surface area contributed by atoms with Crippen LogP contribution in [-0.2, 0) is 26.7 Å². The molecule has 2 aromatic rings. The summed E-state index contributed by atoms with van der Waals surface area (Å²) in [4.78, 5) is 0. The Balaban J connectivity index is 1.82. The summed E-state index contributed by atoms with van der Waals surface area (Å²) in [6.07, 6.45) is 7.61. The molecule has 4 nitrogen and oxygen atoms in total. The fraction of sp³-hybridized carbons (Fsp3) is 0.500. The zero-order valence-electron chi connectivity index (χ0n) is 11.5. The van der Waals surface area contributed by atoms with E-state index >= 15 is 0 Å². The number of hydrogen-bond donors (Lipinski definition) is 1. The monoisotopic (exact) mass is 246 g/mol. The van der Waals surface area contributed by atoms with E-state index in [1.54, 1.807) is 0 Å². The molecule has 0 amide bonds. The third-order valence-corrected chi connectivity index (χ3v) is 3.05. The summed E-state index contributed by atoms with van der Waals surface area (Å²) >= 11 is 0. The lowest BCUT2D eigenvalue weighted by Crippen LogP contribution is -2.12. The third kappa shape index (κ3) is 3.23. The number of aryl methyl sites for hydroxylation is 3. The molecule has 2 heterocycles. The van der Waals surface area contributed by atoms with E-state index in [4.69, 9.17) is 0 Å². The van der Waals surface area contributed by atoms with Gasteiger partial charge in [-0.15, -0.1) is 0 Å². The van der Waals surface area contributed by atoms with Crippen LogP contribution in [0.15, 0.2) is 24.7 Å². The quantitative estimate of drug-likeness (QED) is 0.848. The summed E-state index contributed by atoms with van der Waals surface area (Å²) in [5.74, 6) is 0. The van der Waals surface area contributed by atoms with Gasteiger partial charge in [0.15, 0.2) is 0 Å². The van der Waals surface area contributed by atoms with E-state index in [0.717, 1.165) is 25.3 Å². The molecule has 0 saturated carbocycles. The summed E-state index contributed by atoms with van der Waals surface area (Å²) in [7, 11) is 1.96. The molecule has 0 bridgehead atoms. The highest BCUT2D eigenvalue weighted by Crippen LogP contribution is 2.06. The highest BCUT2D eigenvalue weighted by atomic mass is 15.2. The summed E-state index contributed by atoms with van der Waals surface area (Å²) in [6.45, 7) is 7.13. The third-order valence-electron chi connectivity index (χ3n) is 3.05. The minimum absolute atomic E-state index is 0.874. The zero-order chi connectivity index (χ0) is 13.0. The number of hydrogen-bond acceptors (Lipinski definition) is 2. The minimum Gasteiger partial charge on any atom is -0.354 e. The van der Waals surface area contributed by atoms with Crippen LogP contribution >= 0.6 is 0 Å². The maximum absolute atomic E-state index is 4.34. The highest BCUT2D eigenvalue weighted by Gasteiger charge is 2.02. The van der Waals surface area contributed by atoms with Crippen molar-refractivity contribution in [2.24, 2.45) is 7.05 Å². The Morgan fingerprint density at radius 1 is 1.28 bits per heavy atom. The van der Waals surface area contributed by atoms with E-state index in [1.165, 1.54) is 17.5 Å². The Morgan fingerprint density at radius 3 is 2.78 bits per heavy atom. The Labute approximate surface area is 109 Å². The molecule has 0 aliphatic rings. The van der Waals surface area contributed by atoms with Crippen molar-refractivity contribution in [2.75, 3.05) is 0 Å². The van der Waals surface area contributed by atoms with Crippen LogP contribution in [0.5, 0.6) is 0 Å². The van der Waals surface area contributed by atoms with Gasteiger partial charge in [-0.1, -0.05) is 6.92 Å². The molecule has 2 rings (SSSR count). The van der Waals surface area contributed by atoms with Gasteiger partial charge in [-0.3, -0.25) is 4.68 Å². The molecule has 0 aromatic carbocycles. The van der Waals surface area contributed by atoms with Crippen LogP contribution < -0.4 is 5.32 Å². The van der Waals surface area contributed by atoms with Crippen LogP contribution in [0.3, 0.4) is 0 Å². The summed E-state index contributed by atoms with van der Waals surface area (Å²) < 4.78 is 4.11. The van der Waals surface area contributed by atoms with Crippen molar-refractivity contribution in [3.63, 3.8) is 0 Å². The second-order valence-electron chi connectivity index (χ2n) is 4.77. The molecule has 18 heavy (non-hydrogen) atoms. The average molecular weight is 246 g/mol. The lowest BCUT2D eigenvalue weighted by atomic mass is 10.2. The molecule has 0 spiro atoms. The molecule has 0 fully saturated rings. The van der Waals surface area contributed by atoms with Crippen molar-refractivity contribution in [1.29, 1.82) is 0 Å². The summed E-state index contributed by atoms with van der Waals surface area (Å²) in [5.41, 5.74) is 3.71. The maximum atomic E-state index is 4.34. The van der Waals surface area contributed by atoms with E-state index < -0.39 is 0 Å². The first-order chi connectivity index (χ1) is 8.69. The Bertz CT molecular complexity index is 496. The van der Waals surface area contributed by atoms with Crippen molar-refractivity contribution < 1.29 is 0 Å². The number of nitrogens with zero attached hydrogens (tertiary/aromatic N) is 3. The fourth-order valence-corrected chi connectivity index (χ4v) is 2.16. The summed E-state index contributed by atoms with van der Waals surface area (Å²) in [6, 6.07) is 2.18. The van der Waals surface area contributed by atoms with Crippen molar-refractivity contribution in [3.8, 4) is 0 Å². The van der Waals surface area contributed by atoms with Crippen LogP contribution in [0.2, 0.25) is 0 Å². The molecular formula is C14H22N4. The van der Waals surface area contributed by atoms with E-state index in [-0.39, 0.29) is 0 Å². The second-order valence-corrected chi connectivity index (χ2v) is 4.77. The molecule has 4 heteroatoms. The van der Waals surface area contributed by atoms with E-state index in [9.17, 15) is 0 Å². The predicted octanol–water partition coefficient (Wildman–Crippen LogP) is 2.23. The largest absolute Gasteiger partial charge is 0.354 e. The average Bonchev–Trinajstić information content (AvgIpc) is 2.87. The second kappa shape index (κ2) is 5.87. The first-order valence-electron chi connectivity index (χ1n) is 6.53. The van der Waals surface area contributed by atoms with Crippen LogP contribution in [0.25, 0.3) is 0 Å². The van der Waals surface area contributed by atoms with Crippen LogP contribution in [0.1, 0.15) is 30.2 Å². The molecule has 0 saturated heterocycles. The molecule has 0 radical (unpaired) electrons. The number of aromatic nitrogens is 3. The van der Waals surface area contributed by atoms with Gasteiger partial charge in [0.2, 0.25) is 0 Å². The van der Waals surface area contributed by atoms with Crippen LogP contribution in [-0.4, -0.2) is 14.3 Å². The molecule has 98 valence electrons. The smallest absolute Gasteiger partial charge is 0.0638 e. The SMILES string of the molecule is CCCn1ccc(CNCc2cn(C)nc2C)c1. The fourth-order valence-electron chi connectivity index (χ4n) is 2.16. The lowest BCUT2D eigenvalue weighted by Gasteiger charge is -2.02. The van der Waals surface area contributed by atoms with Crippen molar-refractivity contribution in [3.05, 3.63) is 41.5 Å². The number of nitrogens with one attached hydrogen (secondary N) is 1. The molecular weight excluding hydrogens is 224 g/mol. The minimum atomic E-state index is 0.874. The lowest BCUT2D eigenvalue weighted by molar-refractivity contribution is 0.667. The summed E-state index contributed by atoms with van der Waals surface area (Å²) in [5, 5.41) is 7.80. The Morgan fingerprint density at radius 2 is 2.11 bits per heavy atom. The van der Waals surface area contributed by atoms with Gasteiger partial charge in [0.05, 0.1) is 5.69 Å². The predicted molar refractivity (Wildman–Crippen MR) is 73.2 cm³/mol. The maximum Gasteiger partial charge on any atom is 0.0638 e. The van der Waals surface area contributed by atoms with Crippen molar-refractivity contribution >= 4 is 0 Å². The molecule has 1 N–H and O–H groups in total. The van der Waals surface area contributed by atoms with E-state index in [2.05, 4.69) is 53.5 Å². The van der Waals surface area contributed by atoms with Gasteiger partial charge in [-0.25, -0.2) is 0 Å². The first-order valence-corrected chi connectivity index (χ1v) is 6.53. The van der Waals surface area contributed by atoms with E-state index in [1.807, 2.05) is 11.7 Å². The topological polar surface area (TPSA) is 34.8 Å². The first kappa shape index (κ1) is 12.9.